The second-order valence-electron chi connectivity index (χ2n) is 4.49. The Balaban J connectivity index is 2.92. The minimum absolute atomic E-state index is 0.297. The van der Waals surface area contributed by atoms with E-state index in [1.807, 2.05) is 39.8 Å². The molecule has 0 aliphatic heterocycles. The van der Waals surface area contributed by atoms with E-state index in [2.05, 4.69) is 15.9 Å². The lowest BCUT2D eigenvalue weighted by atomic mass is 10.1. The van der Waals surface area contributed by atoms with Crippen LogP contribution in [-0.2, 0) is 4.74 Å². The van der Waals surface area contributed by atoms with Crippen molar-refractivity contribution < 1.29 is 9.53 Å². The SMILES string of the molecule is Cc1ccc(C(=O)OC(C)(C)C)c(Br)c1. The fourth-order valence-corrected chi connectivity index (χ4v) is 1.77. The quantitative estimate of drug-likeness (QED) is 0.728. The van der Waals surface area contributed by atoms with Gasteiger partial charge in [-0.2, -0.15) is 0 Å². The van der Waals surface area contributed by atoms with Gasteiger partial charge in [0.15, 0.2) is 0 Å². The van der Waals surface area contributed by atoms with E-state index in [1.165, 1.54) is 0 Å². The second-order valence-corrected chi connectivity index (χ2v) is 5.34. The number of halogens is 1. The molecule has 0 atom stereocenters. The number of rotatable bonds is 1. The van der Waals surface area contributed by atoms with Crippen LogP contribution in [0.1, 0.15) is 36.7 Å². The average Bonchev–Trinajstić information content (AvgIpc) is 1.99. The van der Waals surface area contributed by atoms with Gasteiger partial charge in [-0.1, -0.05) is 6.07 Å². The summed E-state index contributed by atoms with van der Waals surface area (Å²) in [6.45, 7) is 7.54. The number of carbonyl (C=O) groups is 1. The Hall–Kier alpha value is -0.830. The topological polar surface area (TPSA) is 26.3 Å². The summed E-state index contributed by atoms with van der Waals surface area (Å²) in [5.41, 5.74) is 1.21. The summed E-state index contributed by atoms with van der Waals surface area (Å²) in [5, 5.41) is 0. The first-order valence-electron chi connectivity index (χ1n) is 4.79. The molecule has 82 valence electrons. The van der Waals surface area contributed by atoms with Crippen molar-refractivity contribution in [1.82, 2.24) is 0 Å². The maximum atomic E-state index is 11.7. The number of benzene rings is 1. The molecule has 0 unspecified atom stereocenters. The largest absolute Gasteiger partial charge is 0.456 e. The van der Waals surface area contributed by atoms with Crippen LogP contribution in [0, 0.1) is 6.92 Å². The van der Waals surface area contributed by atoms with E-state index < -0.39 is 5.60 Å². The summed E-state index contributed by atoms with van der Waals surface area (Å²) in [4.78, 5) is 11.7. The summed E-state index contributed by atoms with van der Waals surface area (Å²) >= 11 is 3.35. The third-order valence-electron chi connectivity index (χ3n) is 1.74. The van der Waals surface area contributed by atoms with Crippen molar-refractivity contribution in [2.45, 2.75) is 33.3 Å². The van der Waals surface area contributed by atoms with Crippen LogP contribution in [0.2, 0.25) is 0 Å². The van der Waals surface area contributed by atoms with E-state index in [-0.39, 0.29) is 5.97 Å². The molecule has 0 saturated carbocycles. The maximum absolute atomic E-state index is 11.7. The first-order chi connectivity index (χ1) is 6.79. The molecule has 0 amide bonds. The van der Waals surface area contributed by atoms with Gasteiger partial charge in [0.25, 0.3) is 0 Å². The Bertz CT molecular complexity index is 378. The second kappa shape index (κ2) is 4.35. The standard InChI is InChI=1S/C12H15BrO2/c1-8-5-6-9(10(13)7-8)11(14)15-12(2,3)4/h5-7H,1-4H3. The van der Waals surface area contributed by atoms with Gasteiger partial charge in [-0.05, 0) is 61.3 Å². The van der Waals surface area contributed by atoms with Gasteiger partial charge < -0.3 is 4.74 Å². The summed E-state index contributed by atoms with van der Waals surface area (Å²) in [6, 6.07) is 5.57. The highest BCUT2D eigenvalue weighted by atomic mass is 79.9. The molecule has 1 aromatic carbocycles. The number of aryl methyl sites for hydroxylation is 1. The van der Waals surface area contributed by atoms with Gasteiger partial charge in [0, 0.05) is 4.47 Å². The molecular formula is C12H15BrO2. The Morgan fingerprint density at radius 3 is 2.40 bits per heavy atom. The molecule has 0 aromatic heterocycles. The monoisotopic (exact) mass is 270 g/mol. The van der Waals surface area contributed by atoms with Crippen molar-refractivity contribution in [3.8, 4) is 0 Å². The molecule has 0 N–H and O–H groups in total. The van der Waals surface area contributed by atoms with Gasteiger partial charge >= 0.3 is 5.97 Å². The van der Waals surface area contributed by atoms with E-state index >= 15 is 0 Å². The van der Waals surface area contributed by atoms with Crippen LogP contribution in [0.3, 0.4) is 0 Å². The molecule has 0 heterocycles. The van der Waals surface area contributed by atoms with Gasteiger partial charge in [-0.25, -0.2) is 4.79 Å². The first kappa shape index (κ1) is 12.2. The maximum Gasteiger partial charge on any atom is 0.339 e. The molecule has 0 radical (unpaired) electrons. The summed E-state index contributed by atoms with van der Waals surface area (Å²) in [6.07, 6.45) is 0. The number of esters is 1. The van der Waals surface area contributed by atoms with Gasteiger partial charge in [-0.3, -0.25) is 0 Å². The molecule has 1 rings (SSSR count). The molecule has 15 heavy (non-hydrogen) atoms. The fraction of sp³-hybridized carbons (Fsp3) is 0.417. The molecule has 0 aliphatic carbocycles. The Morgan fingerprint density at radius 1 is 1.33 bits per heavy atom. The summed E-state index contributed by atoms with van der Waals surface area (Å²) in [5.74, 6) is -0.297. The molecule has 0 bridgehead atoms. The smallest absolute Gasteiger partial charge is 0.339 e. The third kappa shape index (κ3) is 3.67. The minimum Gasteiger partial charge on any atom is -0.456 e. The summed E-state index contributed by atoms with van der Waals surface area (Å²) in [7, 11) is 0. The van der Waals surface area contributed by atoms with Crippen molar-refractivity contribution >= 4 is 21.9 Å². The highest BCUT2D eigenvalue weighted by molar-refractivity contribution is 9.10. The van der Waals surface area contributed by atoms with E-state index in [0.29, 0.717) is 5.56 Å². The normalized spacial score (nSPS) is 11.3. The van der Waals surface area contributed by atoms with E-state index in [0.717, 1.165) is 10.0 Å². The Kier molecular flexibility index (Phi) is 3.55. The highest BCUT2D eigenvalue weighted by Crippen LogP contribution is 2.21. The fourth-order valence-electron chi connectivity index (χ4n) is 1.12. The van der Waals surface area contributed by atoms with E-state index in [1.54, 1.807) is 6.07 Å². The van der Waals surface area contributed by atoms with Crippen LogP contribution in [-0.4, -0.2) is 11.6 Å². The molecule has 2 nitrogen and oxygen atoms in total. The van der Waals surface area contributed by atoms with Crippen LogP contribution in [0.25, 0.3) is 0 Å². The zero-order valence-electron chi connectivity index (χ0n) is 9.43. The van der Waals surface area contributed by atoms with Crippen molar-refractivity contribution in [3.05, 3.63) is 33.8 Å². The number of hydrogen-bond donors (Lipinski definition) is 0. The molecule has 0 saturated heterocycles. The predicted octanol–water partition coefficient (Wildman–Crippen LogP) is 3.71. The van der Waals surface area contributed by atoms with Gasteiger partial charge in [0.1, 0.15) is 5.60 Å². The van der Waals surface area contributed by atoms with Crippen molar-refractivity contribution in [2.75, 3.05) is 0 Å². The van der Waals surface area contributed by atoms with Crippen LogP contribution in [0.5, 0.6) is 0 Å². The number of hydrogen-bond acceptors (Lipinski definition) is 2. The van der Waals surface area contributed by atoms with E-state index in [9.17, 15) is 4.79 Å². The average molecular weight is 271 g/mol. The highest BCUT2D eigenvalue weighted by Gasteiger charge is 2.19. The van der Waals surface area contributed by atoms with E-state index in [4.69, 9.17) is 4.74 Å². The molecule has 0 fully saturated rings. The van der Waals surface area contributed by atoms with Gasteiger partial charge in [0.05, 0.1) is 5.56 Å². The predicted molar refractivity (Wildman–Crippen MR) is 64.0 cm³/mol. The van der Waals surface area contributed by atoms with Gasteiger partial charge in [-0.15, -0.1) is 0 Å². The number of carbonyl (C=O) groups excluding carboxylic acids is 1. The lowest BCUT2D eigenvalue weighted by Crippen LogP contribution is -2.24. The molecular weight excluding hydrogens is 256 g/mol. The lowest BCUT2D eigenvalue weighted by molar-refractivity contribution is 0.00685. The molecule has 0 spiro atoms. The molecule has 3 heteroatoms. The zero-order valence-corrected chi connectivity index (χ0v) is 11.0. The van der Waals surface area contributed by atoms with Crippen LogP contribution in [0.15, 0.2) is 22.7 Å². The molecule has 1 aromatic rings. The lowest BCUT2D eigenvalue weighted by Gasteiger charge is -2.19. The Labute approximate surface area is 98.8 Å². The van der Waals surface area contributed by atoms with Crippen molar-refractivity contribution in [3.63, 3.8) is 0 Å². The Morgan fingerprint density at radius 2 is 1.93 bits per heavy atom. The van der Waals surface area contributed by atoms with Crippen LogP contribution >= 0.6 is 15.9 Å². The van der Waals surface area contributed by atoms with Crippen LogP contribution in [0.4, 0.5) is 0 Å². The molecule has 0 aliphatic rings. The third-order valence-corrected chi connectivity index (χ3v) is 2.40. The zero-order chi connectivity index (χ0) is 11.6. The minimum atomic E-state index is -0.457. The van der Waals surface area contributed by atoms with Crippen LogP contribution < -0.4 is 0 Å². The summed E-state index contributed by atoms with van der Waals surface area (Å²) < 4.78 is 6.05. The van der Waals surface area contributed by atoms with Crippen molar-refractivity contribution in [1.29, 1.82) is 0 Å². The number of ether oxygens (including phenoxy) is 1. The van der Waals surface area contributed by atoms with Crippen molar-refractivity contribution in [2.24, 2.45) is 0 Å². The first-order valence-corrected chi connectivity index (χ1v) is 5.58. The van der Waals surface area contributed by atoms with Gasteiger partial charge in [0.2, 0.25) is 0 Å².